The lowest BCUT2D eigenvalue weighted by Crippen LogP contribution is -2.48. The van der Waals surface area contributed by atoms with Crippen LogP contribution in [0.1, 0.15) is 70.6 Å². The predicted molar refractivity (Wildman–Crippen MR) is 125 cm³/mol. The number of carbonyl (C=O) groups is 3. The smallest absolute Gasteiger partial charge is 0.326 e. The Morgan fingerprint density at radius 1 is 1.32 bits per heavy atom. The molecule has 0 spiro atoms. The van der Waals surface area contributed by atoms with E-state index in [1.807, 2.05) is 6.92 Å². The second kappa shape index (κ2) is 8.69. The summed E-state index contributed by atoms with van der Waals surface area (Å²) in [5, 5.41) is -0.445. The number of imide groups is 1. The third kappa shape index (κ3) is 4.66. The molecule has 1 aromatic carbocycles. The van der Waals surface area contributed by atoms with E-state index in [4.69, 9.17) is 4.74 Å². The van der Waals surface area contributed by atoms with Gasteiger partial charge in [-0.3, -0.25) is 19.3 Å². The van der Waals surface area contributed by atoms with Crippen molar-refractivity contribution in [3.8, 4) is 0 Å². The molecule has 0 bridgehead atoms. The van der Waals surface area contributed by atoms with Gasteiger partial charge in [-0.15, -0.1) is 0 Å². The molecule has 1 aromatic rings. The maximum absolute atomic E-state index is 12.8. The lowest BCUT2D eigenvalue weighted by molar-refractivity contribution is -0.149. The van der Waals surface area contributed by atoms with Gasteiger partial charge in [0.15, 0.2) is 0 Å². The fraction of sp³-hybridized carbons (Fsp3) is 0.542. The highest BCUT2D eigenvalue weighted by Crippen LogP contribution is 2.44. The van der Waals surface area contributed by atoms with Gasteiger partial charge in [0.2, 0.25) is 0 Å². The van der Waals surface area contributed by atoms with Gasteiger partial charge in [0.05, 0.1) is 11.0 Å². The van der Waals surface area contributed by atoms with Crippen LogP contribution in [-0.2, 0) is 14.3 Å². The molecule has 0 unspecified atom stereocenters. The van der Waals surface area contributed by atoms with E-state index in [1.165, 1.54) is 11.3 Å². The Hall–Kier alpha value is -2.28. The van der Waals surface area contributed by atoms with Gasteiger partial charge in [-0.05, 0) is 101 Å². The Morgan fingerprint density at radius 2 is 2.00 bits per heavy atom. The normalized spacial score (nSPS) is 21.8. The first-order chi connectivity index (χ1) is 14.4. The summed E-state index contributed by atoms with van der Waals surface area (Å²) in [5.41, 5.74) is 4.57. The van der Waals surface area contributed by atoms with Crippen molar-refractivity contribution in [2.45, 2.75) is 72.4 Å². The predicted octanol–water partition coefficient (Wildman–Crippen LogP) is 5.10. The van der Waals surface area contributed by atoms with Crippen LogP contribution in [0.5, 0.6) is 0 Å². The number of benzene rings is 1. The van der Waals surface area contributed by atoms with Gasteiger partial charge in [-0.2, -0.15) is 0 Å². The summed E-state index contributed by atoms with van der Waals surface area (Å²) in [5.74, 6) is -0.641. The first kappa shape index (κ1) is 23.4. The molecule has 2 heterocycles. The lowest BCUT2D eigenvalue weighted by Gasteiger charge is -2.47. The third-order valence-electron chi connectivity index (χ3n) is 5.90. The van der Waals surface area contributed by atoms with E-state index >= 15 is 0 Å². The van der Waals surface area contributed by atoms with E-state index in [0.29, 0.717) is 10.8 Å². The molecule has 6 nitrogen and oxygen atoms in total. The second-order valence-electron chi connectivity index (χ2n) is 9.24. The van der Waals surface area contributed by atoms with Gasteiger partial charge in [0.25, 0.3) is 11.1 Å². The third-order valence-corrected chi connectivity index (χ3v) is 6.81. The Morgan fingerprint density at radius 3 is 2.61 bits per heavy atom. The van der Waals surface area contributed by atoms with Crippen LogP contribution in [0, 0.1) is 6.92 Å². The van der Waals surface area contributed by atoms with E-state index in [9.17, 15) is 14.4 Å². The van der Waals surface area contributed by atoms with Crippen molar-refractivity contribution in [1.82, 2.24) is 4.90 Å². The first-order valence-corrected chi connectivity index (χ1v) is 11.6. The van der Waals surface area contributed by atoms with Crippen molar-refractivity contribution in [2.24, 2.45) is 0 Å². The molecular weight excluding hydrogens is 412 g/mol. The Labute approximate surface area is 189 Å². The fourth-order valence-corrected chi connectivity index (χ4v) is 5.44. The highest BCUT2D eigenvalue weighted by Gasteiger charge is 2.38. The number of anilines is 1. The highest BCUT2D eigenvalue weighted by atomic mass is 32.2. The molecule has 31 heavy (non-hydrogen) atoms. The molecule has 1 saturated heterocycles. The molecule has 2 aliphatic heterocycles. The van der Waals surface area contributed by atoms with E-state index in [2.05, 4.69) is 44.7 Å². The summed E-state index contributed by atoms with van der Waals surface area (Å²) in [6.07, 6.45) is 2.53. The standard InChI is InChI=1S/C24H32N2O4S/c1-8-26-19-9-15(4)17(10-18(19)16(5)12-24(26,6)7)11-20-22(28)25(23(29)31-20)13-21(27)30-14(2)3/h9-11,14,16H,8,12-13H2,1-7H3/b20-11+/t16-/m0/s1. The van der Waals surface area contributed by atoms with Crippen molar-refractivity contribution in [1.29, 1.82) is 0 Å². The van der Waals surface area contributed by atoms with Crippen LogP contribution < -0.4 is 4.90 Å². The van der Waals surface area contributed by atoms with E-state index in [1.54, 1.807) is 19.9 Å². The van der Waals surface area contributed by atoms with Crippen LogP contribution in [0.2, 0.25) is 0 Å². The minimum absolute atomic E-state index is 0.0857. The number of amides is 2. The maximum atomic E-state index is 12.8. The van der Waals surface area contributed by atoms with E-state index in [0.717, 1.165) is 40.8 Å². The van der Waals surface area contributed by atoms with Gasteiger partial charge < -0.3 is 9.64 Å². The monoisotopic (exact) mass is 444 g/mol. The van der Waals surface area contributed by atoms with Gasteiger partial charge in [-0.1, -0.05) is 6.92 Å². The van der Waals surface area contributed by atoms with Crippen molar-refractivity contribution in [3.05, 3.63) is 33.7 Å². The number of thioether (sulfide) groups is 1. The van der Waals surface area contributed by atoms with Gasteiger partial charge in [-0.25, -0.2) is 0 Å². The van der Waals surface area contributed by atoms with Gasteiger partial charge in [0.1, 0.15) is 6.54 Å². The zero-order valence-corrected chi connectivity index (χ0v) is 20.3. The number of hydrogen-bond donors (Lipinski definition) is 0. The number of hydrogen-bond acceptors (Lipinski definition) is 6. The van der Waals surface area contributed by atoms with Crippen LogP contribution in [-0.4, -0.2) is 46.7 Å². The topological polar surface area (TPSA) is 66.9 Å². The van der Waals surface area contributed by atoms with Crippen molar-refractivity contribution in [2.75, 3.05) is 18.0 Å². The number of carbonyl (C=O) groups excluding carboxylic acids is 3. The molecule has 0 radical (unpaired) electrons. The molecule has 2 amide bonds. The molecule has 1 fully saturated rings. The van der Waals surface area contributed by atoms with Crippen LogP contribution in [0.3, 0.4) is 0 Å². The number of fused-ring (bicyclic) bond motifs is 1. The SMILES string of the molecule is CCN1c2cc(C)c(/C=C3/SC(=O)N(CC(=O)OC(C)C)C3=O)cc2[C@@H](C)CC1(C)C. The largest absolute Gasteiger partial charge is 0.462 e. The maximum Gasteiger partial charge on any atom is 0.326 e. The molecule has 0 aromatic heterocycles. The zero-order chi connectivity index (χ0) is 23.1. The first-order valence-electron chi connectivity index (χ1n) is 10.8. The van der Waals surface area contributed by atoms with E-state index in [-0.39, 0.29) is 18.2 Å². The Kier molecular flexibility index (Phi) is 6.56. The lowest BCUT2D eigenvalue weighted by atomic mass is 9.79. The van der Waals surface area contributed by atoms with Crippen molar-refractivity contribution >= 4 is 40.6 Å². The van der Waals surface area contributed by atoms with Gasteiger partial charge in [0, 0.05) is 17.8 Å². The summed E-state index contributed by atoms with van der Waals surface area (Å²) in [6.45, 7) is 15.0. The molecule has 1 atom stereocenters. The summed E-state index contributed by atoms with van der Waals surface area (Å²) >= 11 is 0.870. The van der Waals surface area contributed by atoms with Crippen LogP contribution in [0.15, 0.2) is 17.0 Å². The molecular formula is C24H32N2O4S. The number of esters is 1. The van der Waals surface area contributed by atoms with Crippen molar-refractivity contribution < 1.29 is 19.1 Å². The van der Waals surface area contributed by atoms with Crippen LogP contribution in [0.4, 0.5) is 10.5 Å². The van der Waals surface area contributed by atoms with Crippen LogP contribution in [0.25, 0.3) is 6.08 Å². The number of rotatable bonds is 5. The minimum Gasteiger partial charge on any atom is -0.462 e. The average Bonchev–Trinajstić information content (AvgIpc) is 2.89. The molecule has 0 saturated carbocycles. The molecule has 0 aliphatic carbocycles. The van der Waals surface area contributed by atoms with Gasteiger partial charge >= 0.3 is 5.97 Å². The Bertz CT molecular complexity index is 951. The Balaban J connectivity index is 1.91. The summed E-state index contributed by atoms with van der Waals surface area (Å²) in [4.78, 5) is 40.8. The second-order valence-corrected chi connectivity index (χ2v) is 10.2. The van der Waals surface area contributed by atoms with E-state index < -0.39 is 17.1 Å². The van der Waals surface area contributed by atoms with Crippen LogP contribution >= 0.6 is 11.8 Å². The number of nitrogens with zero attached hydrogens (tertiary/aromatic N) is 2. The van der Waals surface area contributed by atoms with Crippen molar-refractivity contribution in [3.63, 3.8) is 0 Å². The summed E-state index contributed by atoms with van der Waals surface area (Å²) in [7, 11) is 0. The molecule has 2 aliphatic rings. The molecule has 3 rings (SSSR count). The quantitative estimate of drug-likeness (QED) is 0.465. The molecule has 7 heteroatoms. The summed E-state index contributed by atoms with van der Waals surface area (Å²) < 4.78 is 5.07. The minimum atomic E-state index is -0.584. The number of ether oxygens (including phenoxy) is 1. The average molecular weight is 445 g/mol. The molecule has 0 N–H and O–H groups in total. The highest BCUT2D eigenvalue weighted by molar-refractivity contribution is 8.18. The molecule has 168 valence electrons. The number of aryl methyl sites for hydroxylation is 1. The zero-order valence-electron chi connectivity index (χ0n) is 19.4. The summed E-state index contributed by atoms with van der Waals surface area (Å²) in [6, 6.07) is 4.33. The fourth-order valence-electron chi connectivity index (χ4n) is 4.61.